The molecule has 0 atom stereocenters. The third-order valence-electron chi connectivity index (χ3n) is 2.11. The van der Waals surface area contributed by atoms with Gasteiger partial charge in [0.15, 0.2) is 0 Å². The van der Waals surface area contributed by atoms with Gasteiger partial charge in [0.05, 0.1) is 0 Å². The van der Waals surface area contributed by atoms with Gasteiger partial charge in [-0.25, -0.2) is 4.89 Å². The van der Waals surface area contributed by atoms with E-state index in [1.807, 2.05) is 11.4 Å². The van der Waals surface area contributed by atoms with E-state index in [2.05, 4.69) is 4.89 Å². The predicted molar refractivity (Wildman–Crippen MR) is 60.6 cm³/mol. The number of esters is 1. The third-order valence-corrected chi connectivity index (χ3v) is 3.12. The summed E-state index contributed by atoms with van der Waals surface area (Å²) in [6.45, 7) is 1.49. The van der Waals surface area contributed by atoms with Gasteiger partial charge in [-0.2, -0.15) is 0 Å². The smallest absolute Gasteiger partial charge is 0.308 e. The molecule has 4 nitrogen and oxygen atoms in total. The van der Waals surface area contributed by atoms with E-state index >= 15 is 0 Å². The van der Waals surface area contributed by atoms with Crippen LogP contribution in [0.25, 0.3) is 10.1 Å². The van der Waals surface area contributed by atoms with Gasteiger partial charge in [-0.3, -0.25) is 10.1 Å². The summed E-state index contributed by atoms with van der Waals surface area (Å²) in [7, 11) is 0. The molecule has 0 aliphatic heterocycles. The Morgan fingerprint density at radius 1 is 1.50 bits per heavy atom. The van der Waals surface area contributed by atoms with Gasteiger partial charge in [-0.15, -0.1) is 11.3 Å². The lowest BCUT2D eigenvalue weighted by atomic mass is 10.2. The molecule has 0 saturated carbocycles. The number of rotatable bonds is 3. The molecule has 2 rings (SSSR count). The van der Waals surface area contributed by atoms with Crippen molar-refractivity contribution >= 4 is 27.4 Å². The van der Waals surface area contributed by atoms with E-state index in [1.165, 1.54) is 6.92 Å². The van der Waals surface area contributed by atoms with Crippen molar-refractivity contribution in [3.63, 3.8) is 0 Å². The first-order valence-corrected chi connectivity index (χ1v) is 5.53. The molecule has 0 spiro atoms. The second-order valence-electron chi connectivity index (χ2n) is 3.29. The summed E-state index contributed by atoms with van der Waals surface area (Å²) in [5, 5.41) is 11.3. The van der Waals surface area contributed by atoms with Gasteiger partial charge in [-0.1, -0.05) is 0 Å². The maximum Gasteiger partial charge on any atom is 0.308 e. The Bertz CT molecular complexity index is 518. The lowest BCUT2D eigenvalue weighted by Crippen LogP contribution is -2.00. The molecule has 1 N–H and O–H groups in total. The van der Waals surface area contributed by atoms with E-state index in [0.29, 0.717) is 5.75 Å². The standard InChI is InChI=1S/C11H10O4S/c1-7(12)15-9-2-3-11-10(4-9)8(5-14-13)6-16-11/h2-4,6,13H,5H2,1H3. The van der Waals surface area contributed by atoms with Crippen LogP contribution in [-0.2, 0) is 16.3 Å². The zero-order valence-electron chi connectivity index (χ0n) is 8.60. The van der Waals surface area contributed by atoms with Crippen LogP contribution in [0.5, 0.6) is 5.75 Å². The summed E-state index contributed by atoms with van der Waals surface area (Å²) in [6.07, 6.45) is 0. The molecule has 84 valence electrons. The molecule has 0 amide bonds. The lowest BCUT2D eigenvalue weighted by Gasteiger charge is -2.01. The highest BCUT2D eigenvalue weighted by Gasteiger charge is 2.06. The average Bonchev–Trinajstić information content (AvgIpc) is 2.61. The van der Waals surface area contributed by atoms with Gasteiger partial charge in [0, 0.05) is 17.0 Å². The van der Waals surface area contributed by atoms with Crippen molar-refractivity contribution < 1.29 is 19.7 Å². The van der Waals surface area contributed by atoms with Crippen LogP contribution in [0.3, 0.4) is 0 Å². The molecule has 0 unspecified atom stereocenters. The molecule has 0 bridgehead atoms. The number of thiophene rings is 1. The zero-order valence-corrected chi connectivity index (χ0v) is 9.41. The number of benzene rings is 1. The second-order valence-corrected chi connectivity index (χ2v) is 4.20. The van der Waals surface area contributed by atoms with E-state index in [-0.39, 0.29) is 12.6 Å². The number of carbonyl (C=O) groups is 1. The normalized spacial score (nSPS) is 10.6. The molecule has 16 heavy (non-hydrogen) atoms. The zero-order chi connectivity index (χ0) is 11.5. The summed E-state index contributed by atoms with van der Waals surface area (Å²) in [4.78, 5) is 14.9. The fraction of sp³-hybridized carbons (Fsp3) is 0.182. The van der Waals surface area contributed by atoms with Gasteiger partial charge in [-0.05, 0) is 29.1 Å². The van der Waals surface area contributed by atoms with Crippen LogP contribution in [0.2, 0.25) is 0 Å². The summed E-state index contributed by atoms with van der Waals surface area (Å²) in [6, 6.07) is 5.38. The minimum Gasteiger partial charge on any atom is -0.427 e. The highest BCUT2D eigenvalue weighted by Crippen LogP contribution is 2.29. The monoisotopic (exact) mass is 238 g/mol. The van der Waals surface area contributed by atoms with Crippen LogP contribution in [0.15, 0.2) is 23.6 Å². The van der Waals surface area contributed by atoms with Gasteiger partial charge in [0.25, 0.3) is 0 Å². The van der Waals surface area contributed by atoms with Crippen molar-refractivity contribution in [2.75, 3.05) is 0 Å². The highest BCUT2D eigenvalue weighted by molar-refractivity contribution is 7.17. The fourth-order valence-electron chi connectivity index (χ4n) is 1.47. The topological polar surface area (TPSA) is 55.8 Å². The average molecular weight is 238 g/mol. The van der Waals surface area contributed by atoms with Crippen molar-refractivity contribution in [3.05, 3.63) is 29.1 Å². The Morgan fingerprint density at radius 2 is 2.31 bits per heavy atom. The number of ether oxygens (including phenoxy) is 1. The van der Waals surface area contributed by atoms with Crippen molar-refractivity contribution in [1.29, 1.82) is 0 Å². The summed E-state index contributed by atoms with van der Waals surface area (Å²) in [5.41, 5.74) is 0.872. The van der Waals surface area contributed by atoms with E-state index in [9.17, 15) is 4.79 Å². The molecular weight excluding hydrogens is 228 g/mol. The number of hydrogen-bond acceptors (Lipinski definition) is 5. The molecule has 0 aliphatic rings. The van der Waals surface area contributed by atoms with E-state index < -0.39 is 0 Å². The lowest BCUT2D eigenvalue weighted by molar-refractivity contribution is -0.252. The first kappa shape index (κ1) is 11.1. The van der Waals surface area contributed by atoms with E-state index in [1.54, 1.807) is 23.5 Å². The van der Waals surface area contributed by atoms with Crippen LogP contribution in [0.4, 0.5) is 0 Å². The quantitative estimate of drug-likeness (QED) is 0.386. The molecule has 5 heteroatoms. The van der Waals surface area contributed by atoms with Crippen LogP contribution >= 0.6 is 11.3 Å². The predicted octanol–water partition coefficient (Wildman–Crippen LogP) is 2.82. The maximum atomic E-state index is 10.8. The van der Waals surface area contributed by atoms with Gasteiger partial charge < -0.3 is 4.74 Å². The second kappa shape index (κ2) is 4.61. The first-order valence-electron chi connectivity index (χ1n) is 4.65. The van der Waals surface area contributed by atoms with Gasteiger partial charge in [0.2, 0.25) is 0 Å². The van der Waals surface area contributed by atoms with Crippen molar-refractivity contribution in [2.45, 2.75) is 13.5 Å². The Hall–Kier alpha value is -1.43. The number of fused-ring (bicyclic) bond motifs is 1. The van der Waals surface area contributed by atoms with Gasteiger partial charge >= 0.3 is 5.97 Å². The summed E-state index contributed by atoms with van der Waals surface area (Å²) in [5.74, 6) is 0.145. The molecule has 0 saturated heterocycles. The van der Waals surface area contributed by atoms with Gasteiger partial charge in [0.1, 0.15) is 12.4 Å². The largest absolute Gasteiger partial charge is 0.427 e. The molecule has 0 fully saturated rings. The van der Waals surface area contributed by atoms with Crippen LogP contribution in [0.1, 0.15) is 12.5 Å². The minimum atomic E-state index is -0.352. The molecular formula is C11H10O4S. The first-order chi connectivity index (χ1) is 7.70. The Balaban J connectivity index is 2.41. The summed E-state index contributed by atoms with van der Waals surface area (Å²) < 4.78 is 6.05. The molecule has 0 aliphatic carbocycles. The molecule has 2 aromatic rings. The van der Waals surface area contributed by atoms with Crippen LogP contribution < -0.4 is 4.74 Å². The van der Waals surface area contributed by atoms with Crippen molar-refractivity contribution in [3.8, 4) is 5.75 Å². The Morgan fingerprint density at radius 3 is 3.00 bits per heavy atom. The van der Waals surface area contributed by atoms with Crippen LogP contribution in [0, 0.1) is 0 Å². The Kier molecular flexibility index (Phi) is 3.19. The summed E-state index contributed by atoms with van der Waals surface area (Å²) >= 11 is 1.55. The highest BCUT2D eigenvalue weighted by atomic mass is 32.1. The number of carbonyl (C=O) groups excluding carboxylic acids is 1. The van der Waals surface area contributed by atoms with Crippen molar-refractivity contribution in [1.82, 2.24) is 0 Å². The minimum absolute atomic E-state index is 0.128. The molecule has 1 heterocycles. The SMILES string of the molecule is CC(=O)Oc1ccc2scc(COO)c2c1. The fourth-order valence-corrected chi connectivity index (χ4v) is 2.40. The maximum absolute atomic E-state index is 10.8. The van der Waals surface area contributed by atoms with E-state index in [0.717, 1.165) is 15.6 Å². The van der Waals surface area contributed by atoms with Crippen LogP contribution in [-0.4, -0.2) is 11.2 Å². The van der Waals surface area contributed by atoms with Crippen molar-refractivity contribution in [2.24, 2.45) is 0 Å². The Labute approximate surface area is 96.0 Å². The molecule has 1 aromatic carbocycles. The third kappa shape index (κ3) is 2.21. The molecule has 1 aromatic heterocycles. The number of hydrogen-bond donors (Lipinski definition) is 1. The van der Waals surface area contributed by atoms with E-state index in [4.69, 9.17) is 9.99 Å². The molecule has 0 radical (unpaired) electrons.